The van der Waals surface area contributed by atoms with Crippen LogP contribution in [0.3, 0.4) is 0 Å². The molecule has 84 valence electrons. The van der Waals surface area contributed by atoms with E-state index in [0.717, 1.165) is 11.4 Å². The molecule has 16 heavy (non-hydrogen) atoms. The average molecular weight is 240 g/mol. The molecular weight excluding hydrogens is 230 g/mol. The molecular formula is C9H10ClN5O. The van der Waals surface area contributed by atoms with Crippen LogP contribution in [0.4, 0.5) is 0 Å². The van der Waals surface area contributed by atoms with E-state index < -0.39 is 0 Å². The minimum Gasteiger partial charge on any atom is -0.467 e. The predicted octanol–water partition coefficient (Wildman–Crippen LogP) is 1.34. The third-order valence-electron chi connectivity index (χ3n) is 1.96. The summed E-state index contributed by atoms with van der Waals surface area (Å²) >= 11 is 5.75. The van der Waals surface area contributed by atoms with Gasteiger partial charge in [-0.25, -0.2) is 4.68 Å². The molecule has 2 aromatic rings. The minimum atomic E-state index is 0.0782. The van der Waals surface area contributed by atoms with Crippen molar-refractivity contribution in [2.24, 2.45) is 0 Å². The molecule has 0 amide bonds. The van der Waals surface area contributed by atoms with Crippen molar-refractivity contribution in [3.05, 3.63) is 22.7 Å². The molecule has 0 radical (unpaired) electrons. The molecule has 0 atom stereocenters. The van der Waals surface area contributed by atoms with Gasteiger partial charge in [0, 0.05) is 5.69 Å². The number of aryl methyl sites for hydroxylation is 2. The second-order valence-electron chi connectivity index (χ2n) is 3.23. The first kappa shape index (κ1) is 10.8. The summed E-state index contributed by atoms with van der Waals surface area (Å²) in [6.45, 7) is 3.80. The first-order valence-corrected chi connectivity index (χ1v) is 4.97. The molecule has 0 unspecified atom stereocenters. The quantitative estimate of drug-likeness (QED) is 0.791. The van der Waals surface area contributed by atoms with E-state index in [2.05, 4.69) is 20.1 Å². The van der Waals surface area contributed by atoms with Crippen LogP contribution in [0.25, 0.3) is 5.95 Å². The van der Waals surface area contributed by atoms with E-state index in [4.69, 9.17) is 16.3 Å². The highest BCUT2D eigenvalue weighted by Gasteiger charge is 2.10. The lowest BCUT2D eigenvalue weighted by Gasteiger charge is -2.03. The lowest BCUT2D eigenvalue weighted by atomic mass is 10.4. The third kappa shape index (κ3) is 1.96. The standard InChI is InChI=1S/C9H10ClN5O/c1-5-4-6(2)15(14-5)8-11-7(10)12-9(13-8)16-3/h4H,1-3H3. The highest BCUT2D eigenvalue weighted by atomic mass is 35.5. The number of ether oxygens (including phenoxy) is 1. The van der Waals surface area contributed by atoms with Gasteiger partial charge in [-0.2, -0.15) is 20.1 Å². The van der Waals surface area contributed by atoms with Crippen LogP contribution >= 0.6 is 11.6 Å². The number of methoxy groups -OCH3 is 1. The van der Waals surface area contributed by atoms with Crippen molar-refractivity contribution in [1.29, 1.82) is 0 Å². The zero-order chi connectivity index (χ0) is 11.7. The molecule has 0 aliphatic carbocycles. The SMILES string of the molecule is COc1nc(Cl)nc(-n2nc(C)cc2C)n1. The topological polar surface area (TPSA) is 65.7 Å². The Morgan fingerprint density at radius 1 is 1.25 bits per heavy atom. The Labute approximate surface area is 97.3 Å². The maximum Gasteiger partial charge on any atom is 0.322 e. The van der Waals surface area contributed by atoms with Crippen LogP contribution in [-0.2, 0) is 0 Å². The Bertz CT molecular complexity index is 525. The van der Waals surface area contributed by atoms with Crippen molar-refractivity contribution in [1.82, 2.24) is 24.7 Å². The van der Waals surface area contributed by atoms with Crippen molar-refractivity contribution in [3.8, 4) is 12.0 Å². The van der Waals surface area contributed by atoms with Crippen molar-refractivity contribution in [3.63, 3.8) is 0 Å². The zero-order valence-electron chi connectivity index (χ0n) is 9.10. The van der Waals surface area contributed by atoms with Gasteiger partial charge in [0.05, 0.1) is 12.8 Å². The molecule has 0 fully saturated rings. The lowest BCUT2D eigenvalue weighted by molar-refractivity contribution is 0.376. The number of nitrogens with zero attached hydrogens (tertiary/aromatic N) is 5. The van der Waals surface area contributed by atoms with E-state index in [1.54, 1.807) is 4.68 Å². The molecule has 0 aliphatic heterocycles. The van der Waals surface area contributed by atoms with Crippen molar-refractivity contribution < 1.29 is 4.74 Å². The molecule has 0 saturated heterocycles. The van der Waals surface area contributed by atoms with Crippen LogP contribution in [0.2, 0.25) is 5.28 Å². The highest BCUT2D eigenvalue weighted by molar-refractivity contribution is 6.28. The lowest BCUT2D eigenvalue weighted by Crippen LogP contribution is -2.07. The number of hydrogen-bond donors (Lipinski definition) is 0. The van der Waals surface area contributed by atoms with Crippen LogP contribution in [0.5, 0.6) is 6.01 Å². The van der Waals surface area contributed by atoms with Crippen molar-refractivity contribution >= 4 is 11.6 Å². The summed E-state index contributed by atoms with van der Waals surface area (Å²) in [6, 6.07) is 2.09. The van der Waals surface area contributed by atoms with Crippen LogP contribution in [0.15, 0.2) is 6.07 Å². The second-order valence-corrected chi connectivity index (χ2v) is 3.57. The van der Waals surface area contributed by atoms with Gasteiger partial charge in [0.1, 0.15) is 0 Å². The summed E-state index contributed by atoms with van der Waals surface area (Å²) in [4.78, 5) is 11.9. The molecule has 2 aromatic heterocycles. The highest BCUT2D eigenvalue weighted by Crippen LogP contribution is 2.12. The fourth-order valence-corrected chi connectivity index (χ4v) is 1.49. The Kier molecular flexibility index (Phi) is 2.74. The largest absolute Gasteiger partial charge is 0.467 e. The molecule has 0 aromatic carbocycles. The van der Waals surface area contributed by atoms with Gasteiger partial charge in [-0.1, -0.05) is 0 Å². The fraction of sp³-hybridized carbons (Fsp3) is 0.333. The summed E-state index contributed by atoms with van der Waals surface area (Å²) in [6.07, 6.45) is 0. The molecule has 0 bridgehead atoms. The van der Waals surface area contributed by atoms with E-state index in [-0.39, 0.29) is 11.3 Å². The maximum atomic E-state index is 5.75. The summed E-state index contributed by atoms with van der Waals surface area (Å²) in [5.74, 6) is 0.349. The van der Waals surface area contributed by atoms with E-state index in [1.165, 1.54) is 7.11 Å². The number of rotatable bonds is 2. The number of aromatic nitrogens is 5. The van der Waals surface area contributed by atoms with Gasteiger partial charge in [0.2, 0.25) is 5.28 Å². The Morgan fingerprint density at radius 2 is 2.00 bits per heavy atom. The Morgan fingerprint density at radius 3 is 2.56 bits per heavy atom. The average Bonchev–Trinajstić information content (AvgIpc) is 2.57. The molecule has 0 N–H and O–H groups in total. The number of hydrogen-bond acceptors (Lipinski definition) is 5. The van der Waals surface area contributed by atoms with Crippen LogP contribution < -0.4 is 4.74 Å². The Balaban J connectivity index is 2.55. The smallest absolute Gasteiger partial charge is 0.322 e. The van der Waals surface area contributed by atoms with Crippen LogP contribution in [0.1, 0.15) is 11.4 Å². The van der Waals surface area contributed by atoms with E-state index in [9.17, 15) is 0 Å². The van der Waals surface area contributed by atoms with Gasteiger partial charge in [-0.3, -0.25) is 0 Å². The third-order valence-corrected chi connectivity index (χ3v) is 2.13. The first-order chi connectivity index (χ1) is 7.60. The number of halogens is 1. The molecule has 2 heterocycles. The summed E-state index contributed by atoms with van der Waals surface area (Å²) in [5.41, 5.74) is 1.80. The van der Waals surface area contributed by atoms with Gasteiger partial charge in [-0.05, 0) is 31.5 Å². The van der Waals surface area contributed by atoms with Crippen LogP contribution in [-0.4, -0.2) is 31.8 Å². The van der Waals surface area contributed by atoms with Gasteiger partial charge in [0.15, 0.2) is 0 Å². The van der Waals surface area contributed by atoms with E-state index in [0.29, 0.717) is 5.95 Å². The van der Waals surface area contributed by atoms with Gasteiger partial charge < -0.3 is 4.74 Å². The minimum absolute atomic E-state index is 0.0782. The van der Waals surface area contributed by atoms with Crippen molar-refractivity contribution in [2.45, 2.75) is 13.8 Å². The van der Waals surface area contributed by atoms with E-state index >= 15 is 0 Å². The van der Waals surface area contributed by atoms with E-state index in [1.807, 2.05) is 19.9 Å². The Hall–Kier alpha value is -1.69. The summed E-state index contributed by atoms with van der Waals surface area (Å²) in [5, 5.41) is 4.32. The zero-order valence-corrected chi connectivity index (χ0v) is 9.86. The molecule has 0 saturated carbocycles. The second kappa shape index (κ2) is 4.05. The van der Waals surface area contributed by atoms with Crippen LogP contribution in [0, 0.1) is 13.8 Å². The predicted molar refractivity (Wildman–Crippen MR) is 58.0 cm³/mol. The van der Waals surface area contributed by atoms with Gasteiger partial charge in [-0.15, -0.1) is 0 Å². The molecule has 6 nitrogen and oxygen atoms in total. The maximum absolute atomic E-state index is 5.75. The van der Waals surface area contributed by atoms with Gasteiger partial charge in [0.25, 0.3) is 5.95 Å². The summed E-state index contributed by atoms with van der Waals surface area (Å²) in [7, 11) is 1.47. The first-order valence-electron chi connectivity index (χ1n) is 4.59. The van der Waals surface area contributed by atoms with Crippen molar-refractivity contribution in [2.75, 3.05) is 7.11 Å². The summed E-state index contributed by atoms with van der Waals surface area (Å²) < 4.78 is 6.50. The molecule has 7 heteroatoms. The normalized spacial score (nSPS) is 10.5. The molecule has 0 aliphatic rings. The molecule has 2 rings (SSSR count). The van der Waals surface area contributed by atoms with Gasteiger partial charge >= 0.3 is 6.01 Å². The monoisotopic (exact) mass is 239 g/mol. The fourth-order valence-electron chi connectivity index (χ4n) is 1.34. The molecule has 0 spiro atoms.